The summed E-state index contributed by atoms with van der Waals surface area (Å²) in [7, 11) is 1.68. The molecule has 33 heavy (non-hydrogen) atoms. The molecule has 0 atom stereocenters. The molecule has 0 bridgehead atoms. The molecule has 0 aliphatic rings. The van der Waals surface area contributed by atoms with Crippen molar-refractivity contribution >= 4 is 23.1 Å². The average molecular weight is 461 g/mol. The summed E-state index contributed by atoms with van der Waals surface area (Å²) in [6.07, 6.45) is -3.80. The van der Waals surface area contributed by atoms with E-state index in [0.29, 0.717) is 22.9 Å². The van der Waals surface area contributed by atoms with Crippen molar-refractivity contribution < 1.29 is 22.6 Å². The highest BCUT2D eigenvalue weighted by Crippen LogP contribution is 2.36. The molecule has 0 aliphatic heterocycles. The standard InChI is InChI=1S/C24H27F3N4O2/c1-15(2)32-19-10-6-17(7-11-19)29-22-21(24(25,26)27)14-28-23(30-22)31(5)18-8-12-20(13-9-18)33-16(3)4/h6-16H,1-5H3,(H,28,29,30). The Bertz CT molecular complexity index is 1050. The first-order chi connectivity index (χ1) is 15.5. The van der Waals surface area contributed by atoms with E-state index < -0.39 is 11.7 Å². The molecule has 3 aromatic rings. The largest absolute Gasteiger partial charge is 0.491 e. The Morgan fingerprint density at radius 3 is 1.85 bits per heavy atom. The van der Waals surface area contributed by atoms with Gasteiger partial charge >= 0.3 is 6.18 Å². The van der Waals surface area contributed by atoms with Crippen LogP contribution in [-0.4, -0.2) is 29.2 Å². The number of hydrogen-bond donors (Lipinski definition) is 1. The number of alkyl halides is 3. The zero-order chi connectivity index (χ0) is 24.2. The number of ether oxygens (including phenoxy) is 2. The van der Waals surface area contributed by atoms with Crippen molar-refractivity contribution in [3.63, 3.8) is 0 Å². The molecule has 2 aromatic carbocycles. The average Bonchev–Trinajstić information content (AvgIpc) is 2.73. The minimum Gasteiger partial charge on any atom is -0.491 e. The van der Waals surface area contributed by atoms with Gasteiger partial charge in [0.15, 0.2) is 0 Å². The Hall–Kier alpha value is -3.49. The first-order valence-corrected chi connectivity index (χ1v) is 10.5. The van der Waals surface area contributed by atoms with Crippen LogP contribution in [0.5, 0.6) is 11.5 Å². The van der Waals surface area contributed by atoms with Crippen molar-refractivity contribution in [1.29, 1.82) is 0 Å². The highest BCUT2D eigenvalue weighted by atomic mass is 19.4. The molecule has 1 N–H and O–H groups in total. The van der Waals surface area contributed by atoms with Crippen LogP contribution in [0.15, 0.2) is 54.7 Å². The van der Waals surface area contributed by atoms with Crippen molar-refractivity contribution in [2.45, 2.75) is 46.1 Å². The second-order valence-corrected chi connectivity index (χ2v) is 7.97. The van der Waals surface area contributed by atoms with Gasteiger partial charge < -0.3 is 19.7 Å². The van der Waals surface area contributed by atoms with Gasteiger partial charge in [-0.3, -0.25) is 0 Å². The van der Waals surface area contributed by atoms with Crippen LogP contribution >= 0.6 is 0 Å². The number of anilines is 4. The molecule has 0 saturated heterocycles. The maximum absolute atomic E-state index is 13.6. The lowest BCUT2D eigenvalue weighted by atomic mass is 10.2. The van der Waals surface area contributed by atoms with Gasteiger partial charge in [-0.25, -0.2) is 4.98 Å². The van der Waals surface area contributed by atoms with Crippen molar-refractivity contribution in [2.24, 2.45) is 0 Å². The van der Waals surface area contributed by atoms with E-state index in [1.807, 2.05) is 27.7 Å². The van der Waals surface area contributed by atoms with Crippen LogP contribution < -0.4 is 19.7 Å². The molecule has 0 aliphatic carbocycles. The van der Waals surface area contributed by atoms with Gasteiger partial charge in [-0.2, -0.15) is 18.2 Å². The summed E-state index contributed by atoms with van der Waals surface area (Å²) in [6, 6.07) is 13.8. The molecule has 6 nitrogen and oxygen atoms in total. The number of hydrogen-bond acceptors (Lipinski definition) is 6. The van der Waals surface area contributed by atoms with Crippen LogP contribution in [-0.2, 0) is 6.18 Å². The zero-order valence-corrected chi connectivity index (χ0v) is 19.1. The van der Waals surface area contributed by atoms with Gasteiger partial charge in [0.2, 0.25) is 5.95 Å². The summed E-state index contributed by atoms with van der Waals surface area (Å²) in [5.74, 6) is 1.10. The minimum absolute atomic E-state index is 0.00778. The number of halogens is 3. The summed E-state index contributed by atoms with van der Waals surface area (Å²) in [6.45, 7) is 7.64. The predicted molar refractivity (Wildman–Crippen MR) is 123 cm³/mol. The van der Waals surface area contributed by atoms with Gasteiger partial charge in [0.05, 0.1) is 12.2 Å². The smallest absolute Gasteiger partial charge is 0.421 e. The molecule has 0 radical (unpaired) electrons. The molecule has 0 fully saturated rings. The molecule has 0 unspecified atom stereocenters. The molecule has 9 heteroatoms. The van der Waals surface area contributed by atoms with E-state index in [1.54, 1.807) is 60.5 Å². The van der Waals surface area contributed by atoms with E-state index in [9.17, 15) is 13.2 Å². The fourth-order valence-corrected chi connectivity index (χ4v) is 3.00. The predicted octanol–water partition coefficient (Wildman–Crippen LogP) is 6.58. The van der Waals surface area contributed by atoms with Crippen molar-refractivity contribution in [2.75, 3.05) is 17.3 Å². The van der Waals surface area contributed by atoms with Crippen molar-refractivity contribution in [3.05, 3.63) is 60.3 Å². The van der Waals surface area contributed by atoms with Crippen molar-refractivity contribution in [1.82, 2.24) is 9.97 Å². The molecule has 1 aromatic heterocycles. The Morgan fingerprint density at radius 2 is 1.36 bits per heavy atom. The van der Waals surface area contributed by atoms with Crippen LogP contribution in [0.1, 0.15) is 33.3 Å². The van der Waals surface area contributed by atoms with Crippen LogP contribution in [0, 0.1) is 0 Å². The molecule has 0 amide bonds. The lowest BCUT2D eigenvalue weighted by Crippen LogP contribution is -2.17. The molecule has 176 valence electrons. The van der Waals surface area contributed by atoms with Crippen LogP contribution in [0.4, 0.5) is 36.3 Å². The van der Waals surface area contributed by atoms with E-state index in [4.69, 9.17) is 9.47 Å². The summed E-state index contributed by atoms with van der Waals surface area (Å²) in [5, 5.41) is 2.76. The lowest BCUT2D eigenvalue weighted by molar-refractivity contribution is -0.137. The van der Waals surface area contributed by atoms with E-state index in [2.05, 4.69) is 15.3 Å². The van der Waals surface area contributed by atoms with Crippen LogP contribution in [0.25, 0.3) is 0 Å². The summed E-state index contributed by atoms with van der Waals surface area (Å²) in [5.41, 5.74) is 0.189. The summed E-state index contributed by atoms with van der Waals surface area (Å²) >= 11 is 0. The molecule has 0 spiro atoms. The van der Waals surface area contributed by atoms with Gasteiger partial charge in [-0.05, 0) is 76.2 Å². The van der Waals surface area contributed by atoms with Crippen LogP contribution in [0.2, 0.25) is 0 Å². The number of benzene rings is 2. The third kappa shape index (κ3) is 6.50. The normalized spacial score (nSPS) is 11.6. The Morgan fingerprint density at radius 1 is 0.848 bits per heavy atom. The van der Waals surface area contributed by atoms with Gasteiger partial charge in [-0.15, -0.1) is 0 Å². The fourth-order valence-electron chi connectivity index (χ4n) is 3.00. The second-order valence-electron chi connectivity index (χ2n) is 7.97. The third-order valence-corrected chi connectivity index (χ3v) is 4.47. The van der Waals surface area contributed by atoms with Gasteiger partial charge in [0, 0.05) is 24.6 Å². The van der Waals surface area contributed by atoms with Gasteiger partial charge in [-0.1, -0.05) is 0 Å². The van der Waals surface area contributed by atoms with E-state index in [1.165, 1.54) is 0 Å². The first-order valence-electron chi connectivity index (χ1n) is 10.5. The maximum atomic E-state index is 13.6. The van der Waals surface area contributed by atoms with E-state index in [-0.39, 0.29) is 24.0 Å². The fraction of sp³-hybridized carbons (Fsp3) is 0.333. The lowest BCUT2D eigenvalue weighted by Gasteiger charge is -2.21. The number of nitrogens with zero attached hydrogens (tertiary/aromatic N) is 3. The van der Waals surface area contributed by atoms with Crippen LogP contribution in [0.3, 0.4) is 0 Å². The number of aromatic nitrogens is 2. The zero-order valence-electron chi connectivity index (χ0n) is 19.1. The Balaban J connectivity index is 1.88. The SMILES string of the molecule is CC(C)Oc1ccc(Nc2nc(N(C)c3ccc(OC(C)C)cc3)ncc2C(F)(F)F)cc1. The number of nitrogens with one attached hydrogen (secondary N) is 1. The summed E-state index contributed by atoms with van der Waals surface area (Å²) in [4.78, 5) is 9.72. The van der Waals surface area contributed by atoms with Crippen molar-refractivity contribution in [3.8, 4) is 11.5 Å². The highest BCUT2D eigenvalue weighted by Gasteiger charge is 2.35. The Kier molecular flexibility index (Phi) is 7.30. The minimum atomic E-state index is -4.62. The second kappa shape index (κ2) is 9.97. The molecule has 1 heterocycles. The quantitative estimate of drug-likeness (QED) is 0.410. The van der Waals surface area contributed by atoms with Gasteiger partial charge in [0.1, 0.15) is 22.9 Å². The molecular formula is C24H27F3N4O2. The maximum Gasteiger partial charge on any atom is 0.421 e. The van der Waals surface area contributed by atoms with E-state index in [0.717, 1.165) is 6.20 Å². The topological polar surface area (TPSA) is 59.5 Å². The third-order valence-electron chi connectivity index (χ3n) is 4.47. The Labute approximate surface area is 191 Å². The highest BCUT2D eigenvalue weighted by molar-refractivity contribution is 5.64. The molecule has 0 saturated carbocycles. The number of rotatable bonds is 8. The molecular weight excluding hydrogens is 433 g/mol. The molecule has 3 rings (SSSR count). The monoisotopic (exact) mass is 460 g/mol. The van der Waals surface area contributed by atoms with E-state index >= 15 is 0 Å². The first kappa shape index (κ1) is 24.2. The van der Waals surface area contributed by atoms with Gasteiger partial charge in [0.25, 0.3) is 0 Å². The summed E-state index contributed by atoms with van der Waals surface area (Å²) < 4.78 is 52.0.